The molecule has 0 amide bonds. The van der Waals surface area contributed by atoms with Gasteiger partial charge in [-0.15, -0.1) is 0 Å². The zero-order chi connectivity index (χ0) is 16.9. The van der Waals surface area contributed by atoms with E-state index < -0.39 is 11.6 Å². The van der Waals surface area contributed by atoms with E-state index in [0.717, 1.165) is 23.5 Å². The first-order valence-electron chi connectivity index (χ1n) is 8.38. The van der Waals surface area contributed by atoms with Crippen molar-refractivity contribution in [2.45, 2.75) is 56.2 Å². The summed E-state index contributed by atoms with van der Waals surface area (Å²) in [6.45, 7) is 0.810. The maximum Gasteiger partial charge on any atom is 0.168 e. The van der Waals surface area contributed by atoms with Crippen LogP contribution in [0.4, 0.5) is 8.78 Å². The van der Waals surface area contributed by atoms with Crippen molar-refractivity contribution >= 4 is 11.8 Å². The number of imidazole rings is 1. The van der Waals surface area contributed by atoms with Crippen molar-refractivity contribution < 1.29 is 13.9 Å². The van der Waals surface area contributed by atoms with E-state index in [1.54, 1.807) is 6.20 Å². The van der Waals surface area contributed by atoms with E-state index in [9.17, 15) is 13.9 Å². The van der Waals surface area contributed by atoms with Gasteiger partial charge in [-0.3, -0.25) is 0 Å². The van der Waals surface area contributed by atoms with Crippen LogP contribution in [0, 0.1) is 17.6 Å². The monoisotopic (exact) mass is 352 g/mol. The fourth-order valence-electron chi connectivity index (χ4n) is 3.30. The Morgan fingerprint density at radius 1 is 1.12 bits per heavy atom. The average molecular weight is 352 g/mol. The van der Waals surface area contributed by atoms with E-state index >= 15 is 0 Å². The van der Waals surface area contributed by atoms with Gasteiger partial charge in [0.05, 0.1) is 18.5 Å². The molecule has 3 nitrogen and oxygen atoms in total. The Hall–Kier alpha value is -1.40. The van der Waals surface area contributed by atoms with Crippen molar-refractivity contribution in [3.63, 3.8) is 0 Å². The molecule has 1 aliphatic carbocycles. The zero-order valence-electron chi connectivity index (χ0n) is 13.5. The van der Waals surface area contributed by atoms with Crippen LogP contribution in [0.25, 0.3) is 0 Å². The van der Waals surface area contributed by atoms with Crippen LogP contribution in [0.1, 0.15) is 43.4 Å². The minimum absolute atomic E-state index is 0.0468. The molecule has 0 bridgehead atoms. The average Bonchev–Trinajstić information content (AvgIpc) is 2.95. The third-order valence-corrected chi connectivity index (χ3v) is 5.58. The number of rotatable bonds is 6. The quantitative estimate of drug-likeness (QED) is 0.777. The zero-order valence-corrected chi connectivity index (χ0v) is 14.4. The van der Waals surface area contributed by atoms with Crippen LogP contribution in [0.5, 0.6) is 0 Å². The minimum Gasteiger partial charge on any atom is -0.390 e. The fourth-order valence-corrected chi connectivity index (χ4v) is 4.24. The third-order valence-electron chi connectivity index (χ3n) is 4.52. The third kappa shape index (κ3) is 4.36. The molecule has 6 heteroatoms. The van der Waals surface area contributed by atoms with Gasteiger partial charge in [0, 0.05) is 18.4 Å². The molecule has 0 spiro atoms. The molecular formula is C18H22F2N2OS. The lowest BCUT2D eigenvalue weighted by Crippen LogP contribution is -2.16. The van der Waals surface area contributed by atoms with E-state index in [1.165, 1.54) is 56.0 Å². The molecule has 24 heavy (non-hydrogen) atoms. The van der Waals surface area contributed by atoms with Crippen LogP contribution >= 0.6 is 11.8 Å². The van der Waals surface area contributed by atoms with Crippen LogP contribution in [0.15, 0.2) is 29.6 Å². The molecule has 3 rings (SSSR count). The second-order valence-corrected chi connectivity index (χ2v) is 7.31. The van der Waals surface area contributed by atoms with E-state index in [2.05, 4.69) is 9.55 Å². The molecule has 1 N–H and O–H groups in total. The highest BCUT2D eigenvalue weighted by Crippen LogP contribution is 2.29. The van der Waals surface area contributed by atoms with E-state index in [0.29, 0.717) is 17.2 Å². The van der Waals surface area contributed by atoms with Gasteiger partial charge in [-0.05, 0) is 36.5 Å². The van der Waals surface area contributed by atoms with Crippen molar-refractivity contribution in [1.82, 2.24) is 9.55 Å². The first kappa shape index (κ1) is 17.4. The smallest absolute Gasteiger partial charge is 0.168 e. The van der Waals surface area contributed by atoms with Gasteiger partial charge in [-0.25, -0.2) is 13.8 Å². The van der Waals surface area contributed by atoms with Crippen molar-refractivity contribution in [3.05, 3.63) is 47.3 Å². The van der Waals surface area contributed by atoms with Gasteiger partial charge in [0.25, 0.3) is 0 Å². The number of halogens is 2. The summed E-state index contributed by atoms with van der Waals surface area (Å²) in [5.74, 6) is -0.0649. The van der Waals surface area contributed by atoms with Gasteiger partial charge in [-0.1, -0.05) is 31.0 Å². The fraction of sp³-hybridized carbons (Fsp3) is 0.500. The molecule has 0 unspecified atom stereocenters. The Labute approximate surface area is 145 Å². The Kier molecular flexibility index (Phi) is 5.89. The number of aliphatic hydroxyl groups is 1. The van der Waals surface area contributed by atoms with Gasteiger partial charge < -0.3 is 9.67 Å². The summed E-state index contributed by atoms with van der Waals surface area (Å²) >= 11 is 1.45. The molecule has 2 aromatic rings. The lowest BCUT2D eigenvalue weighted by atomic mass is 9.89. The van der Waals surface area contributed by atoms with Gasteiger partial charge in [0.1, 0.15) is 11.6 Å². The molecule has 1 heterocycles. The lowest BCUT2D eigenvalue weighted by molar-refractivity contribution is 0.255. The van der Waals surface area contributed by atoms with Gasteiger partial charge in [-0.2, -0.15) is 0 Å². The second-order valence-electron chi connectivity index (χ2n) is 6.37. The molecule has 1 aromatic heterocycles. The maximum atomic E-state index is 13.3. The number of hydrogen-bond acceptors (Lipinski definition) is 3. The van der Waals surface area contributed by atoms with Crippen LogP contribution in [0.2, 0.25) is 0 Å². The molecule has 0 aliphatic heterocycles. The molecule has 1 aliphatic rings. The second kappa shape index (κ2) is 8.12. The Bertz CT molecular complexity index is 663. The highest BCUT2D eigenvalue weighted by atomic mass is 32.2. The number of aliphatic hydroxyl groups excluding tert-OH is 1. The first-order valence-corrected chi connectivity index (χ1v) is 9.37. The van der Waals surface area contributed by atoms with Crippen LogP contribution in [-0.4, -0.2) is 14.7 Å². The van der Waals surface area contributed by atoms with Crippen molar-refractivity contribution in [3.8, 4) is 0 Å². The van der Waals surface area contributed by atoms with E-state index in [-0.39, 0.29) is 6.61 Å². The van der Waals surface area contributed by atoms with Crippen molar-refractivity contribution in [1.29, 1.82) is 0 Å². The summed E-state index contributed by atoms with van der Waals surface area (Å²) in [5, 5.41) is 10.4. The number of nitrogens with zero attached hydrogens (tertiary/aromatic N) is 2. The Balaban J connectivity index is 1.71. The molecule has 130 valence electrons. The minimum atomic E-state index is -0.563. The number of benzene rings is 1. The highest BCUT2D eigenvalue weighted by molar-refractivity contribution is 7.98. The molecule has 1 fully saturated rings. The van der Waals surface area contributed by atoms with Gasteiger partial charge in [0.15, 0.2) is 5.16 Å². The molecule has 0 atom stereocenters. The molecule has 0 radical (unpaired) electrons. The predicted octanol–water partition coefficient (Wildman–Crippen LogP) is 4.53. The standard InChI is InChI=1S/C18H22F2N2OS/c19-15-6-14(7-16(20)8-15)12-24-18-21-9-17(11-23)22(18)10-13-4-2-1-3-5-13/h6-9,13,23H,1-5,10-12H2. The Morgan fingerprint density at radius 2 is 1.83 bits per heavy atom. The topological polar surface area (TPSA) is 38.1 Å². The maximum absolute atomic E-state index is 13.3. The van der Waals surface area contributed by atoms with Crippen molar-refractivity contribution in [2.24, 2.45) is 5.92 Å². The SMILES string of the molecule is OCc1cnc(SCc2cc(F)cc(F)c2)n1CC1CCCCC1. The van der Waals surface area contributed by atoms with Crippen molar-refractivity contribution in [2.75, 3.05) is 0 Å². The Morgan fingerprint density at radius 3 is 2.50 bits per heavy atom. The van der Waals surface area contributed by atoms with Gasteiger partial charge in [0.2, 0.25) is 0 Å². The van der Waals surface area contributed by atoms with Crippen LogP contribution in [-0.2, 0) is 18.9 Å². The molecule has 1 aromatic carbocycles. The summed E-state index contributed by atoms with van der Waals surface area (Å²) in [7, 11) is 0. The first-order chi connectivity index (χ1) is 11.7. The highest BCUT2D eigenvalue weighted by Gasteiger charge is 2.18. The lowest BCUT2D eigenvalue weighted by Gasteiger charge is -2.23. The summed E-state index contributed by atoms with van der Waals surface area (Å²) < 4.78 is 28.7. The summed E-state index contributed by atoms with van der Waals surface area (Å²) in [6.07, 6.45) is 7.94. The summed E-state index contributed by atoms with van der Waals surface area (Å²) in [6, 6.07) is 3.57. The molecule has 1 saturated carbocycles. The summed E-state index contributed by atoms with van der Waals surface area (Å²) in [4.78, 5) is 4.39. The molecule has 0 saturated heterocycles. The number of aromatic nitrogens is 2. The van der Waals surface area contributed by atoms with E-state index in [1.807, 2.05) is 0 Å². The number of thioether (sulfide) groups is 1. The summed E-state index contributed by atoms with van der Waals surface area (Å²) in [5.41, 5.74) is 1.39. The normalized spacial score (nSPS) is 15.8. The molecular weight excluding hydrogens is 330 g/mol. The van der Waals surface area contributed by atoms with E-state index in [4.69, 9.17) is 0 Å². The van der Waals surface area contributed by atoms with Gasteiger partial charge >= 0.3 is 0 Å². The predicted molar refractivity (Wildman–Crippen MR) is 90.6 cm³/mol. The largest absolute Gasteiger partial charge is 0.390 e. The number of hydrogen-bond donors (Lipinski definition) is 1. The van der Waals surface area contributed by atoms with Crippen LogP contribution in [0.3, 0.4) is 0 Å². The van der Waals surface area contributed by atoms with Crippen LogP contribution < -0.4 is 0 Å².